The van der Waals surface area contributed by atoms with Crippen molar-refractivity contribution in [3.8, 4) is 11.4 Å². The van der Waals surface area contributed by atoms with Crippen LogP contribution < -0.4 is 10.2 Å². The van der Waals surface area contributed by atoms with E-state index in [4.69, 9.17) is 14.7 Å². The normalized spacial score (nSPS) is 20.0. The van der Waals surface area contributed by atoms with Gasteiger partial charge in [-0.25, -0.2) is 15.0 Å². The largest absolute Gasteiger partial charge is 0.492 e. The number of morpholine rings is 1. The molecule has 1 saturated heterocycles. The van der Waals surface area contributed by atoms with E-state index in [2.05, 4.69) is 25.2 Å². The van der Waals surface area contributed by atoms with Crippen molar-refractivity contribution >= 4 is 27.8 Å². The van der Waals surface area contributed by atoms with Crippen molar-refractivity contribution in [1.82, 2.24) is 30.2 Å². The standard InChI is InChI=1S/C24H20F3N7O/c25-24(26,27)19-7-14-13(3-4-30-21(14)32-19)22-31-16-9-28-8-15(12-1-2-12)20(16)23(33-22)34-5-6-35-18-11-29-10-17(18)34/h3-4,7-9,11-12,17,29H,1-2,5-6,10H2,(H,30,32). The molecule has 0 aromatic carbocycles. The molecule has 0 spiro atoms. The lowest BCUT2D eigenvalue weighted by molar-refractivity contribution is -0.140. The summed E-state index contributed by atoms with van der Waals surface area (Å²) in [7, 11) is 0. The number of aromatic amines is 1. The van der Waals surface area contributed by atoms with Crippen LogP contribution in [0.3, 0.4) is 0 Å². The summed E-state index contributed by atoms with van der Waals surface area (Å²) < 4.78 is 46.0. The molecule has 11 heteroatoms. The second-order valence-corrected chi connectivity index (χ2v) is 9.08. The summed E-state index contributed by atoms with van der Waals surface area (Å²) >= 11 is 0. The number of H-pyrrole nitrogens is 1. The quantitative estimate of drug-likeness (QED) is 0.457. The number of nitrogens with zero attached hydrogens (tertiary/aromatic N) is 5. The monoisotopic (exact) mass is 479 g/mol. The van der Waals surface area contributed by atoms with Crippen molar-refractivity contribution in [2.24, 2.45) is 0 Å². The van der Waals surface area contributed by atoms with E-state index in [1.165, 1.54) is 6.20 Å². The lowest BCUT2D eigenvalue weighted by Crippen LogP contribution is -2.46. The molecule has 4 aromatic rings. The van der Waals surface area contributed by atoms with Crippen LogP contribution in [0.25, 0.3) is 33.3 Å². The maximum atomic E-state index is 13.4. The van der Waals surface area contributed by atoms with Crippen molar-refractivity contribution in [1.29, 1.82) is 0 Å². The zero-order chi connectivity index (χ0) is 23.7. The van der Waals surface area contributed by atoms with E-state index in [1.54, 1.807) is 12.3 Å². The zero-order valence-corrected chi connectivity index (χ0v) is 18.4. The summed E-state index contributed by atoms with van der Waals surface area (Å²) in [5.41, 5.74) is 1.56. The zero-order valence-electron chi connectivity index (χ0n) is 18.4. The van der Waals surface area contributed by atoms with Crippen LogP contribution in [0.4, 0.5) is 19.0 Å². The first kappa shape index (κ1) is 20.5. The average Bonchev–Trinajstić information content (AvgIpc) is 3.40. The smallest absolute Gasteiger partial charge is 0.431 e. The van der Waals surface area contributed by atoms with Crippen molar-refractivity contribution < 1.29 is 17.9 Å². The van der Waals surface area contributed by atoms with Gasteiger partial charge in [0.25, 0.3) is 0 Å². The molecular formula is C24H20F3N7O. The highest BCUT2D eigenvalue weighted by Crippen LogP contribution is 2.46. The van der Waals surface area contributed by atoms with Crippen molar-refractivity contribution in [2.45, 2.75) is 31.0 Å². The maximum Gasteiger partial charge on any atom is 0.431 e. The number of ether oxygens (including phenoxy) is 1. The second-order valence-electron chi connectivity index (χ2n) is 9.08. The lowest BCUT2D eigenvalue weighted by atomic mass is 10.1. The maximum absolute atomic E-state index is 13.4. The van der Waals surface area contributed by atoms with Crippen LogP contribution in [0.2, 0.25) is 0 Å². The van der Waals surface area contributed by atoms with Gasteiger partial charge in [-0.2, -0.15) is 13.2 Å². The lowest BCUT2D eigenvalue weighted by Gasteiger charge is -2.36. The molecule has 178 valence electrons. The molecule has 1 unspecified atom stereocenters. The van der Waals surface area contributed by atoms with Crippen LogP contribution in [0.5, 0.6) is 0 Å². The minimum absolute atomic E-state index is 0.0172. The van der Waals surface area contributed by atoms with Gasteiger partial charge in [0.05, 0.1) is 18.3 Å². The molecular weight excluding hydrogens is 459 g/mol. The van der Waals surface area contributed by atoms with Crippen molar-refractivity contribution in [3.63, 3.8) is 0 Å². The number of hydrogen-bond acceptors (Lipinski definition) is 7. The Bertz CT molecular complexity index is 1510. The van der Waals surface area contributed by atoms with E-state index in [0.717, 1.165) is 41.4 Å². The van der Waals surface area contributed by atoms with Gasteiger partial charge in [-0.1, -0.05) is 0 Å². The van der Waals surface area contributed by atoms with Gasteiger partial charge in [-0.3, -0.25) is 4.98 Å². The summed E-state index contributed by atoms with van der Waals surface area (Å²) in [5, 5.41) is 4.52. The number of pyridine rings is 2. The highest BCUT2D eigenvalue weighted by molar-refractivity contribution is 5.97. The molecule has 0 amide bonds. The van der Waals surface area contributed by atoms with Gasteiger partial charge in [-0.15, -0.1) is 0 Å². The molecule has 0 radical (unpaired) electrons. The third-order valence-corrected chi connectivity index (χ3v) is 6.85. The third-order valence-electron chi connectivity index (χ3n) is 6.85. The molecule has 3 aliphatic rings. The fourth-order valence-corrected chi connectivity index (χ4v) is 5.04. The third kappa shape index (κ3) is 3.28. The van der Waals surface area contributed by atoms with Crippen LogP contribution in [0, 0.1) is 0 Å². The number of fused-ring (bicyclic) bond motifs is 3. The molecule has 2 N–H and O–H groups in total. The van der Waals surface area contributed by atoms with E-state index in [0.29, 0.717) is 47.9 Å². The Balaban J connectivity index is 1.47. The van der Waals surface area contributed by atoms with Crippen LogP contribution in [0.1, 0.15) is 30.0 Å². The molecule has 1 atom stereocenters. The highest BCUT2D eigenvalue weighted by atomic mass is 19.4. The summed E-state index contributed by atoms with van der Waals surface area (Å²) in [4.78, 5) is 22.9. The number of aromatic nitrogens is 5. The van der Waals surface area contributed by atoms with E-state index in [1.807, 2.05) is 12.4 Å². The number of hydrogen-bond donors (Lipinski definition) is 2. The SMILES string of the molecule is FC(F)(F)c1cc2c(-c3nc(N4CCOC5=CNCC54)c4c(C5CC5)cncc4n3)ccnc2[nH]1. The first-order chi connectivity index (χ1) is 17.0. The fraction of sp³-hybridized carbons (Fsp3) is 0.333. The number of rotatable bonds is 3. The molecule has 35 heavy (non-hydrogen) atoms. The molecule has 6 heterocycles. The van der Waals surface area contributed by atoms with Gasteiger partial charge in [0, 0.05) is 41.5 Å². The molecule has 2 aliphatic heterocycles. The van der Waals surface area contributed by atoms with E-state index in [9.17, 15) is 13.2 Å². The summed E-state index contributed by atoms with van der Waals surface area (Å²) in [6, 6.07) is 2.71. The Hall–Kier alpha value is -3.89. The number of anilines is 1. The van der Waals surface area contributed by atoms with Crippen LogP contribution in [0.15, 0.2) is 42.7 Å². The first-order valence-corrected chi connectivity index (χ1v) is 11.5. The van der Waals surface area contributed by atoms with Crippen LogP contribution in [-0.4, -0.2) is 50.7 Å². The van der Waals surface area contributed by atoms with E-state index >= 15 is 0 Å². The summed E-state index contributed by atoms with van der Waals surface area (Å²) in [6.07, 6.45) is 4.62. The Kier molecular flexibility index (Phi) is 4.27. The molecule has 2 fully saturated rings. The Morgan fingerprint density at radius 3 is 2.86 bits per heavy atom. The topological polar surface area (TPSA) is 91.8 Å². The minimum atomic E-state index is -4.51. The van der Waals surface area contributed by atoms with Gasteiger partial charge in [-0.05, 0) is 36.5 Å². The van der Waals surface area contributed by atoms with Gasteiger partial charge < -0.3 is 19.9 Å². The summed E-state index contributed by atoms with van der Waals surface area (Å²) in [5.74, 6) is 2.38. The molecule has 4 aromatic heterocycles. The number of nitrogens with one attached hydrogen (secondary N) is 2. The fourth-order valence-electron chi connectivity index (χ4n) is 5.04. The first-order valence-electron chi connectivity index (χ1n) is 11.5. The molecule has 0 bridgehead atoms. The van der Waals surface area contributed by atoms with Gasteiger partial charge in [0.15, 0.2) is 5.82 Å². The Morgan fingerprint density at radius 1 is 1.14 bits per heavy atom. The predicted octanol–water partition coefficient (Wildman–Crippen LogP) is 4.11. The minimum Gasteiger partial charge on any atom is -0.492 e. The van der Waals surface area contributed by atoms with Crippen LogP contribution in [-0.2, 0) is 10.9 Å². The highest BCUT2D eigenvalue weighted by Gasteiger charge is 2.36. The predicted molar refractivity (Wildman–Crippen MR) is 123 cm³/mol. The number of alkyl halides is 3. The van der Waals surface area contributed by atoms with Gasteiger partial charge >= 0.3 is 6.18 Å². The molecule has 1 saturated carbocycles. The van der Waals surface area contributed by atoms with E-state index < -0.39 is 11.9 Å². The molecule has 7 rings (SSSR count). The number of halogens is 3. The van der Waals surface area contributed by atoms with Crippen LogP contribution >= 0.6 is 0 Å². The molecule has 8 nitrogen and oxygen atoms in total. The average molecular weight is 479 g/mol. The van der Waals surface area contributed by atoms with Gasteiger partial charge in [0.2, 0.25) is 0 Å². The Labute approximate surface area is 197 Å². The Morgan fingerprint density at radius 2 is 2.03 bits per heavy atom. The second kappa shape index (κ2) is 7.30. The van der Waals surface area contributed by atoms with E-state index in [-0.39, 0.29) is 11.7 Å². The van der Waals surface area contributed by atoms with Crippen molar-refractivity contribution in [2.75, 3.05) is 24.6 Å². The van der Waals surface area contributed by atoms with Crippen molar-refractivity contribution in [3.05, 3.63) is 53.9 Å². The van der Waals surface area contributed by atoms with Gasteiger partial charge in [0.1, 0.15) is 35.6 Å². The summed E-state index contributed by atoms with van der Waals surface area (Å²) in [6.45, 7) is 1.84. The molecule has 1 aliphatic carbocycles.